The zero-order valence-corrected chi connectivity index (χ0v) is 16.5. The first-order valence-electron chi connectivity index (χ1n) is 10.2. The normalized spacial score (nSPS) is 15.4. The van der Waals surface area contributed by atoms with E-state index in [1.165, 1.54) is 0 Å². The van der Waals surface area contributed by atoms with Gasteiger partial charge in [-0.3, -0.25) is 9.36 Å². The van der Waals surface area contributed by atoms with Gasteiger partial charge in [-0.2, -0.15) is 0 Å². The van der Waals surface area contributed by atoms with Crippen molar-refractivity contribution in [3.63, 3.8) is 0 Å². The average molecular weight is 398 g/mol. The molecule has 150 valence electrons. The Balaban J connectivity index is 1.26. The Morgan fingerprint density at radius 3 is 2.63 bits per heavy atom. The number of pyridine rings is 1. The lowest BCUT2D eigenvalue weighted by atomic mass is 10.0. The third-order valence-electron chi connectivity index (χ3n) is 5.78. The number of carbonyl (C=O) groups is 1. The van der Waals surface area contributed by atoms with E-state index < -0.39 is 0 Å². The molecule has 0 bridgehead atoms. The molecule has 0 spiro atoms. The number of likely N-dealkylation sites (tertiary alicyclic amines) is 1. The number of aromatic nitrogens is 3. The summed E-state index contributed by atoms with van der Waals surface area (Å²) >= 11 is 0. The molecule has 0 saturated carbocycles. The van der Waals surface area contributed by atoms with Crippen LogP contribution in [-0.2, 0) is 4.79 Å². The van der Waals surface area contributed by atoms with Crippen molar-refractivity contribution in [2.75, 3.05) is 13.1 Å². The van der Waals surface area contributed by atoms with Crippen LogP contribution in [0.4, 0.5) is 0 Å². The second-order valence-electron chi connectivity index (χ2n) is 7.64. The Bertz CT molecular complexity index is 1310. The van der Waals surface area contributed by atoms with E-state index in [4.69, 9.17) is 0 Å². The smallest absolute Gasteiger partial charge is 0.326 e. The highest BCUT2D eigenvalue weighted by atomic mass is 16.2. The minimum atomic E-state index is -0.0803. The molecule has 0 aliphatic carbocycles. The van der Waals surface area contributed by atoms with E-state index in [1.807, 2.05) is 70.1 Å². The lowest BCUT2D eigenvalue weighted by Gasteiger charge is -2.32. The van der Waals surface area contributed by atoms with Crippen LogP contribution in [0.25, 0.3) is 28.0 Å². The van der Waals surface area contributed by atoms with E-state index in [-0.39, 0.29) is 17.6 Å². The number of hydrogen-bond acceptors (Lipinski definition) is 3. The van der Waals surface area contributed by atoms with Gasteiger partial charge in [0, 0.05) is 30.6 Å². The molecule has 1 aliphatic rings. The summed E-state index contributed by atoms with van der Waals surface area (Å²) in [6.07, 6.45) is 4.88. The highest BCUT2D eigenvalue weighted by Gasteiger charge is 2.25. The molecule has 1 aliphatic heterocycles. The summed E-state index contributed by atoms with van der Waals surface area (Å²) in [4.78, 5) is 34.4. The van der Waals surface area contributed by atoms with Gasteiger partial charge in [-0.05, 0) is 43.2 Å². The molecule has 3 heterocycles. The van der Waals surface area contributed by atoms with Crippen molar-refractivity contribution in [1.82, 2.24) is 19.4 Å². The third kappa shape index (κ3) is 3.41. The van der Waals surface area contributed by atoms with E-state index in [2.05, 4.69) is 9.97 Å². The molecule has 5 rings (SSSR count). The van der Waals surface area contributed by atoms with E-state index >= 15 is 0 Å². The Hall–Kier alpha value is -3.67. The number of aromatic amines is 1. The van der Waals surface area contributed by atoms with Crippen molar-refractivity contribution in [1.29, 1.82) is 0 Å². The first kappa shape index (κ1) is 18.4. The largest absolute Gasteiger partial charge is 0.339 e. The van der Waals surface area contributed by atoms with Crippen LogP contribution in [0.3, 0.4) is 0 Å². The maximum absolute atomic E-state index is 12.6. The van der Waals surface area contributed by atoms with Gasteiger partial charge in [0.05, 0.1) is 22.2 Å². The van der Waals surface area contributed by atoms with Crippen LogP contribution in [0, 0.1) is 0 Å². The predicted molar refractivity (Wildman–Crippen MR) is 118 cm³/mol. The van der Waals surface area contributed by atoms with Crippen LogP contribution >= 0.6 is 0 Å². The average Bonchev–Trinajstić information content (AvgIpc) is 3.13. The molecule has 4 aromatic rings. The van der Waals surface area contributed by atoms with Crippen molar-refractivity contribution in [2.24, 2.45) is 0 Å². The van der Waals surface area contributed by atoms with Gasteiger partial charge in [0.15, 0.2) is 0 Å². The molecule has 30 heavy (non-hydrogen) atoms. The molecule has 2 aromatic carbocycles. The minimum Gasteiger partial charge on any atom is -0.339 e. The summed E-state index contributed by atoms with van der Waals surface area (Å²) in [5.41, 5.74) is 3.38. The lowest BCUT2D eigenvalue weighted by Crippen LogP contribution is -2.39. The minimum absolute atomic E-state index is 0.0188. The second-order valence-corrected chi connectivity index (χ2v) is 7.64. The molecule has 6 nitrogen and oxygen atoms in total. The molecule has 1 fully saturated rings. The number of para-hydroxylation sites is 3. The van der Waals surface area contributed by atoms with Crippen LogP contribution < -0.4 is 5.69 Å². The van der Waals surface area contributed by atoms with Crippen LogP contribution in [-0.4, -0.2) is 38.4 Å². The first-order chi connectivity index (χ1) is 14.7. The fourth-order valence-corrected chi connectivity index (χ4v) is 4.22. The number of H-pyrrole nitrogens is 1. The molecule has 2 aromatic heterocycles. The fraction of sp³-hybridized carbons (Fsp3) is 0.208. The van der Waals surface area contributed by atoms with Gasteiger partial charge in [-0.15, -0.1) is 0 Å². The number of nitrogens with zero attached hydrogens (tertiary/aromatic N) is 3. The van der Waals surface area contributed by atoms with Crippen LogP contribution in [0.1, 0.15) is 24.6 Å². The summed E-state index contributed by atoms with van der Waals surface area (Å²) < 4.78 is 1.84. The van der Waals surface area contributed by atoms with Gasteiger partial charge in [0.2, 0.25) is 5.91 Å². The number of carbonyl (C=O) groups excluding carboxylic acids is 1. The van der Waals surface area contributed by atoms with E-state index in [0.29, 0.717) is 13.1 Å². The maximum Gasteiger partial charge on any atom is 0.326 e. The van der Waals surface area contributed by atoms with Gasteiger partial charge < -0.3 is 9.88 Å². The zero-order valence-electron chi connectivity index (χ0n) is 16.5. The number of rotatable bonds is 3. The van der Waals surface area contributed by atoms with Gasteiger partial charge in [-0.25, -0.2) is 9.78 Å². The monoisotopic (exact) mass is 398 g/mol. The summed E-state index contributed by atoms with van der Waals surface area (Å²) in [6, 6.07) is 19.7. The number of fused-ring (bicyclic) bond motifs is 2. The topological polar surface area (TPSA) is 71.0 Å². The summed E-state index contributed by atoms with van der Waals surface area (Å²) in [5, 5.41) is 1.08. The van der Waals surface area contributed by atoms with Crippen molar-refractivity contribution < 1.29 is 4.79 Å². The Kier molecular flexibility index (Phi) is 4.67. The number of amides is 1. The van der Waals surface area contributed by atoms with Crippen LogP contribution in [0.5, 0.6) is 0 Å². The maximum atomic E-state index is 12.6. The number of nitrogens with one attached hydrogen (secondary N) is 1. The number of benzene rings is 2. The molecular formula is C24H22N4O2. The van der Waals surface area contributed by atoms with Crippen molar-refractivity contribution in [2.45, 2.75) is 18.9 Å². The molecule has 1 N–H and O–H groups in total. The van der Waals surface area contributed by atoms with Crippen molar-refractivity contribution in [3.8, 4) is 0 Å². The Morgan fingerprint density at radius 2 is 1.77 bits per heavy atom. The van der Waals surface area contributed by atoms with E-state index in [1.54, 1.807) is 12.2 Å². The molecule has 1 saturated heterocycles. The highest BCUT2D eigenvalue weighted by Crippen LogP contribution is 2.25. The summed E-state index contributed by atoms with van der Waals surface area (Å²) in [6.45, 7) is 1.26. The second kappa shape index (κ2) is 7.63. The fourth-order valence-electron chi connectivity index (χ4n) is 4.22. The SMILES string of the molecule is O=C(C=Cc1ccc2ccccc2n1)N1CCC(n2c(=O)[nH]c3ccccc32)CC1. The van der Waals surface area contributed by atoms with Crippen LogP contribution in [0.15, 0.2) is 71.5 Å². The molecular weight excluding hydrogens is 376 g/mol. The lowest BCUT2D eigenvalue weighted by molar-refractivity contribution is -0.127. The van der Waals surface area contributed by atoms with Crippen LogP contribution in [0.2, 0.25) is 0 Å². The van der Waals surface area contributed by atoms with Gasteiger partial charge in [-0.1, -0.05) is 36.4 Å². The molecule has 6 heteroatoms. The summed E-state index contributed by atoms with van der Waals surface area (Å²) in [5.74, 6) is -0.0188. The summed E-state index contributed by atoms with van der Waals surface area (Å²) in [7, 11) is 0. The molecule has 0 atom stereocenters. The zero-order chi connectivity index (χ0) is 20.5. The standard InChI is InChI=1S/C24H22N4O2/c29-23(12-11-18-10-9-17-5-1-2-6-20(17)25-18)27-15-13-19(14-16-27)28-22-8-4-3-7-21(22)26-24(28)30/h1-12,19H,13-16H2,(H,26,30). The number of hydrogen-bond donors (Lipinski definition) is 1. The number of piperidine rings is 1. The van der Waals surface area contributed by atoms with Crippen molar-refractivity contribution in [3.05, 3.63) is 82.9 Å². The first-order valence-corrected chi connectivity index (χ1v) is 10.2. The third-order valence-corrected chi connectivity index (χ3v) is 5.78. The van der Waals surface area contributed by atoms with Crippen molar-refractivity contribution >= 4 is 33.9 Å². The number of imidazole rings is 1. The van der Waals surface area contributed by atoms with E-state index in [9.17, 15) is 9.59 Å². The molecule has 0 radical (unpaired) electrons. The van der Waals surface area contributed by atoms with Gasteiger partial charge >= 0.3 is 5.69 Å². The quantitative estimate of drug-likeness (QED) is 0.534. The van der Waals surface area contributed by atoms with E-state index in [0.717, 1.165) is 40.5 Å². The predicted octanol–water partition coefficient (Wildman–Crippen LogP) is 3.75. The Morgan fingerprint density at radius 1 is 1.00 bits per heavy atom. The molecule has 0 unspecified atom stereocenters. The van der Waals surface area contributed by atoms with Gasteiger partial charge in [0.25, 0.3) is 0 Å². The Labute approximate surface area is 173 Å². The highest BCUT2D eigenvalue weighted by molar-refractivity contribution is 5.92. The molecule has 1 amide bonds. The van der Waals surface area contributed by atoms with Gasteiger partial charge in [0.1, 0.15) is 0 Å².